The third-order valence-corrected chi connectivity index (χ3v) is 7.83. The van der Waals surface area contributed by atoms with E-state index in [4.69, 9.17) is 14.5 Å². The maximum Gasteiger partial charge on any atom is 0.301 e. The molecule has 7 nitrogen and oxygen atoms in total. The zero-order valence-electron chi connectivity index (χ0n) is 22.8. The quantitative estimate of drug-likeness (QED) is 0.0962. The van der Waals surface area contributed by atoms with Crippen LogP contribution in [0.25, 0.3) is 16.0 Å². The maximum absolute atomic E-state index is 13.6. The van der Waals surface area contributed by atoms with Crippen molar-refractivity contribution in [3.63, 3.8) is 0 Å². The first-order chi connectivity index (χ1) is 19.4. The van der Waals surface area contributed by atoms with Gasteiger partial charge in [-0.15, -0.1) is 0 Å². The summed E-state index contributed by atoms with van der Waals surface area (Å²) in [6, 6.07) is 19.2. The van der Waals surface area contributed by atoms with Crippen molar-refractivity contribution >= 4 is 44.1 Å². The largest absolute Gasteiger partial charge is 0.507 e. The minimum Gasteiger partial charge on any atom is -0.507 e. The van der Waals surface area contributed by atoms with Gasteiger partial charge in [0.2, 0.25) is 0 Å². The number of carbonyl (C=O) groups is 2. The van der Waals surface area contributed by atoms with Crippen LogP contribution in [-0.4, -0.2) is 35.0 Å². The fraction of sp³-hybridized carbons (Fsp3) is 0.281. The molecule has 0 spiro atoms. The minimum atomic E-state index is -0.882. The van der Waals surface area contributed by atoms with Gasteiger partial charge in [-0.05, 0) is 79.9 Å². The van der Waals surface area contributed by atoms with Crippen LogP contribution in [0.4, 0.5) is 5.13 Å². The summed E-state index contributed by atoms with van der Waals surface area (Å²) in [5.74, 6) is -0.460. The molecule has 2 heterocycles. The number of anilines is 1. The molecule has 0 aliphatic carbocycles. The Hall–Kier alpha value is -4.17. The van der Waals surface area contributed by atoms with Crippen LogP contribution in [0.15, 0.2) is 72.3 Å². The Bertz CT molecular complexity index is 1570. The highest BCUT2D eigenvalue weighted by Crippen LogP contribution is 2.45. The topological polar surface area (TPSA) is 89.0 Å². The van der Waals surface area contributed by atoms with Crippen LogP contribution < -0.4 is 14.4 Å². The van der Waals surface area contributed by atoms with Gasteiger partial charge >= 0.3 is 5.91 Å². The molecule has 1 amide bonds. The molecule has 1 aliphatic heterocycles. The average molecular weight is 557 g/mol. The number of hydrogen-bond donors (Lipinski definition) is 1. The van der Waals surface area contributed by atoms with Crippen LogP contribution in [0.1, 0.15) is 55.8 Å². The fourth-order valence-corrected chi connectivity index (χ4v) is 5.91. The Labute approximate surface area is 237 Å². The van der Waals surface area contributed by atoms with Gasteiger partial charge in [-0.3, -0.25) is 14.5 Å². The summed E-state index contributed by atoms with van der Waals surface area (Å²) in [4.78, 5) is 33.3. The van der Waals surface area contributed by atoms with Crippen LogP contribution in [-0.2, 0) is 9.59 Å². The van der Waals surface area contributed by atoms with Gasteiger partial charge in [-0.25, -0.2) is 4.98 Å². The van der Waals surface area contributed by atoms with Crippen molar-refractivity contribution < 1.29 is 24.2 Å². The van der Waals surface area contributed by atoms with Crippen LogP contribution in [0.5, 0.6) is 11.5 Å². The highest BCUT2D eigenvalue weighted by atomic mass is 32.1. The zero-order chi connectivity index (χ0) is 28.2. The van der Waals surface area contributed by atoms with E-state index in [1.54, 1.807) is 24.3 Å². The van der Waals surface area contributed by atoms with E-state index < -0.39 is 17.7 Å². The Morgan fingerprint density at radius 3 is 2.52 bits per heavy atom. The molecule has 1 fully saturated rings. The predicted octanol–water partition coefficient (Wildman–Crippen LogP) is 7.20. The molecule has 1 aromatic heterocycles. The van der Waals surface area contributed by atoms with E-state index in [2.05, 4.69) is 6.92 Å². The molecule has 1 atom stereocenters. The van der Waals surface area contributed by atoms with E-state index in [1.165, 1.54) is 16.2 Å². The van der Waals surface area contributed by atoms with Crippen LogP contribution in [0, 0.1) is 6.92 Å². The van der Waals surface area contributed by atoms with E-state index in [1.807, 2.05) is 56.3 Å². The number of ether oxygens (including phenoxy) is 2. The smallest absolute Gasteiger partial charge is 0.301 e. The Kier molecular flexibility index (Phi) is 8.16. The maximum atomic E-state index is 13.6. The van der Waals surface area contributed by atoms with Gasteiger partial charge in [0.1, 0.15) is 17.3 Å². The summed E-state index contributed by atoms with van der Waals surface area (Å²) in [6.45, 7) is 7.10. The first-order valence-electron chi connectivity index (χ1n) is 13.6. The lowest BCUT2D eigenvalue weighted by Gasteiger charge is -2.23. The number of aryl methyl sites for hydroxylation is 1. The SMILES string of the molecule is CCCCCOc1cccc(C2/C(=C(\O)c3ccc(OCC)cc3)C(=O)C(=O)N2c2nc3ccc(C)cc3s2)c1. The van der Waals surface area contributed by atoms with Gasteiger partial charge in [0.15, 0.2) is 5.13 Å². The first-order valence-corrected chi connectivity index (χ1v) is 14.4. The minimum absolute atomic E-state index is 0.00716. The molecular weight excluding hydrogens is 524 g/mol. The van der Waals surface area contributed by atoms with Crippen molar-refractivity contribution in [1.29, 1.82) is 0 Å². The summed E-state index contributed by atoms with van der Waals surface area (Å²) in [7, 11) is 0. The molecule has 1 saturated heterocycles. The number of thiazole rings is 1. The highest BCUT2D eigenvalue weighted by Gasteiger charge is 2.48. The number of benzene rings is 3. The second-order valence-corrected chi connectivity index (χ2v) is 10.7. The van der Waals surface area contributed by atoms with Gasteiger partial charge in [0, 0.05) is 5.56 Å². The van der Waals surface area contributed by atoms with Gasteiger partial charge in [-0.2, -0.15) is 0 Å². The summed E-state index contributed by atoms with van der Waals surface area (Å²) in [5, 5.41) is 11.9. The molecule has 0 bridgehead atoms. The third-order valence-electron chi connectivity index (χ3n) is 6.81. The number of aromatic nitrogens is 1. The Balaban J connectivity index is 1.62. The van der Waals surface area contributed by atoms with Gasteiger partial charge in [0.05, 0.1) is 35.0 Å². The molecule has 0 saturated carbocycles. The third kappa shape index (κ3) is 5.45. The number of amides is 1. The monoisotopic (exact) mass is 556 g/mol. The lowest BCUT2D eigenvalue weighted by atomic mass is 9.95. The lowest BCUT2D eigenvalue weighted by Crippen LogP contribution is -2.29. The summed E-state index contributed by atoms with van der Waals surface area (Å²) in [6.07, 6.45) is 3.09. The molecule has 40 heavy (non-hydrogen) atoms. The Morgan fingerprint density at radius 1 is 0.975 bits per heavy atom. The molecule has 1 N–H and O–H groups in total. The average Bonchev–Trinajstić information content (AvgIpc) is 3.49. The highest BCUT2D eigenvalue weighted by molar-refractivity contribution is 7.22. The number of rotatable bonds is 10. The van der Waals surface area contributed by atoms with E-state index in [-0.39, 0.29) is 11.3 Å². The number of carbonyl (C=O) groups excluding carboxylic acids is 2. The van der Waals surface area contributed by atoms with Crippen molar-refractivity contribution in [2.75, 3.05) is 18.1 Å². The van der Waals surface area contributed by atoms with Crippen molar-refractivity contribution in [2.24, 2.45) is 0 Å². The van der Waals surface area contributed by atoms with Crippen molar-refractivity contribution in [3.05, 3.63) is 89.0 Å². The van der Waals surface area contributed by atoms with E-state index >= 15 is 0 Å². The molecule has 1 unspecified atom stereocenters. The van der Waals surface area contributed by atoms with E-state index in [0.29, 0.717) is 41.0 Å². The van der Waals surface area contributed by atoms with Gasteiger partial charge in [0.25, 0.3) is 5.78 Å². The number of fused-ring (bicyclic) bond motifs is 1. The van der Waals surface area contributed by atoms with Gasteiger partial charge in [-0.1, -0.05) is 49.3 Å². The number of Topliss-reactive ketones (excluding diaryl/α,β-unsaturated/α-hetero) is 1. The van der Waals surface area contributed by atoms with E-state index in [0.717, 1.165) is 35.0 Å². The van der Waals surface area contributed by atoms with Gasteiger partial charge < -0.3 is 14.6 Å². The fourth-order valence-electron chi connectivity index (χ4n) is 4.82. The number of aliphatic hydroxyl groups is 1. The number of ketones is 1. The molecule has 4 aromatic rings. The second kappa shape index (κ2) is 11.9. The predicted molar refractivity (Wildman–Crippen MR) is 158 cm³/mol. The molecular formula is C32H32N2O5S. The zero-order valence-corrected chi connectivity index (χ0v) is 23.7. The van der Waals surface area contributed by atoms with Crippen LogP contribution in [0.3, 0.4) is 0 Å². The molecule has 206 valence electrons. The number of nitrogens with zero attached hydrogens (tertiary/aromatic N) is 2. The molecule has 5 rings (SSSR count). The molecule has 0 radical (unpaired) electrons. The summed E-state index contributed by atoms with van der Waals surface area (Å²) >= 11 is 1.34. The number of aliphatic hydroxyl groups excluding tert-OH is 1. The molecule has 3 aromatic carbocycles. The second-order valence-electron chi connectivity index (χ2n) is 9.72. The van der Waals surface area contributed by atoms with Crippen molar-refractivity contribution in [3.8, 4) is 11.5 Å². The van der Waals surface area contributed by atoms with Crippen LogP contribution >= 0.6 is 11.3 Å². The number of hydrogen-bond acceptors (Lipinski definition) is 7. The standard InChI is InChI=1S/C32H32N2O5S/c1-4-6-7-17-39-24-10-8-9-22(19-24)28-27(29(35)21-12-14-23(15-13-21)38-5-2)30(36)31(37)34(28)32-33-25-16-11-20(3)18-26(25)40-32/h8-16,18-19,28,35H,4-7,17H2,1-3H3/b29-27+. The first kappa shape index (κ1) is 27.4. The molecule has 8 heteroatoms. The number of unbranched alkanes of at least 4 members (excludes halogenated alkanes) is 2. The molecule has 1 aliphatic rings. The summed E-state index contributed by atoms with van der Waals surface area (Å²) < 4.78 is 12.4. The normalized spacial score (nSPS) is 16.6. The van der Waals surface area contributed by atoms with Crippen LogP contribution in [0.2, 0.25) is 0 Å². The van der Waals surface area contributed by atoms with Crippen molar-refractivity contribution in [1.82, 2.24) is 4.98 Å². The Morgan fingerprint density at radius 2 is 1.77 bits per heavy atom. The van der Waals surface area contributed by atoms with E-state index in [9.17, 15) is 14.7 Å². The summed E-state index contributed by atoms with van der Waals surface area (Å²) in [5.41, 5.74) is 2.89. The van der Waals surface area contributed by atoms with Crippen molar-refractivity contribution in [2.45, 2.75) is 46.1 Å². The lowest BCUT2D eigenvalue weighted by molar-refractivity contribution is -0.132.